The number of benzene rings is 1. The molecule has 1 aromatic heterocycles. The smallest absolute Gasteiger partial charge is 0.306 e. The Balaban J connectivity index is 1.71. The minimum absolute atomic E-state index is 0.0989. The van der Waals surface area contributed by atoms with E-state index in [4.69, 9.17) is 4.74 Å². The summed E-state index contributed by atoms with van der Waals surface area (Å²) in [6.45, 7) is 8.63. The van der Waals surface area contributed by atoms with Gasteiger partial charge in [0.2, 0.25) is 5.91 Å². The number of para-hydroxylation sites is 2. The van der Waals surface area contributed by atoms with Crippen molar-refractivity contribution in [3.63, 3.8) is 0 Å². The quantitative estimate of drug-likeness (QED) is 0.404. The maximum Gasteiger partial charge on any atom is 0.306 e. The molecule has 3 rings (SSSR count). The van der Waals surface area contributed by atoms with Crippen molar-refractivity contribution in [3.8, 4) is 0 Å². The number of hydrogen-bond donors (Lipinski definition) is 1. The second kappa shape index (κ2) is 9.28. The fraction of sp³-hybridized carbons (Fsp3) is 0.435. The van der Waals surface area contributed by atoms with E-state index in [2.05, 4.69) is 15.3 Å². The van der Waals surface area contributed by atoms with E-state index in [1.165, 1.54) is 23.6 Å². The van der Waals surface area contributed by atoms with E-state index in [9.17, 15) is 14.4 Å². The minimum Gasteiger partial charge on any atom is -0.453 e. The molecule has 0 radical (unpaired) electrons. The lowest BCUT2D eigenvalue weighted by Crippen LogP contribution is -2.60. The van der Waals surface area contributed by atoms with Crippen LogP contribution in [0.15, 0.2) is 29.4 Å². The highest BCUT2D eigenvalue weighted by molar-refractivity contribution is 7.98. The molecule has 0 unspecified atom stereocenters. The summed E-state index contributed by atoms with van der Waals surface area (Å²) in [5, 5.41) is 3.51. The lowest BCUT2D eigenvalue weighted by atomic mass is 9.95. The van der Waals surface area contributed by atoms with Crippen molar-refractivity contribution < 1.29 is 19.1 Å². The van der Waals surface area contributed by atoms with Crippen molar-refractivity contribution in [1.82, 2.24) is 9.97 Å². The lowest BCUT2D eigenvalue weighted by molar-refractivity contribution is -0.154. The molecule has 0 bridgehead atoms. The number of anilines is 2. The number of carbonyl (C=O) groups is 3. The molecule has 1 atom stereocenters. The van der Waals surface area contributed by atoms with Gasteiger partial charge in [-0.25, -0.2) is 9.97 Å². The molecule has 8 nitrogen and oxygen atoms in total. The number of carbonyl (C=O) groups excluding carboxylic acids is 3. The van der Waals surface area contributed by atoms with E-state index in [1.54, 1.807) is 38.1 Å². The molecule has 2 aromatic rings. The Morgan fingerprint density at radius 1 is 1.19 bits per heavy atom. The first kappa shape index (κ1) is 23.7. The molecule has 0 spiro atoms. The van der Waals surface area contributed by atoms with Crippen LogP contribution in [0.1, 0.15) is 44.1 Å². The van der Waals surface area contributed by atoms with Gasteiger partial charge in [-0.2, -0.15) is 0 Å². The standard InChI is InChI=1S/C23H28N4O4S/c1-13-16(14(2)25-22(24-13)32-6)11-12-19(28)31-15(3)20(29)27-18-10-8-7-9-17(18)26-21(30)23(27,4)5/h7-10,15H,11-12H2,1-6H3,(H,26,30)/t15-/m0/s1. The fourth-order valence-electron chi connectivity index (χ4n) is 3.72. The summed E-state index contributed by atoms with van der Waals surface area (Å²) in [7, 11) is 0. The van der Waals surface area contributed by atoms with Crippen LogP contribution in [-0.4, -0.2) is 45.7 Å². The van der Waals surface area contributed by atoms with Crippen molar-refractivity contribution in [2.75, 3.05) is 16.5 Å². The van der Waals surface area contributed by atoms with E-state index < -0.39 is 23.5 Å². The summed E-state index contributed by atoms with van der Waals surface area (Å²) in [5.41, 5.74) is 2.55. The first-order chi connectivity index (χ1) is 15.1. The number of nitrogens with zero attached hydrogens (tertiary/aromatic N) is 3. The lowest BCUT2D eigenvalue weighted by Gasteiger charge is -2.42. The van der Waals surface area contributed by atoms with Crippen LogP contribution in [0, 0.1) is 13.8 Å². The molecule has 1 aromatic carbocycles. The number of amides is 2. The van der Waals surface area contributed by atoms with Crippen molar-refractivity contribution in [2.45, 2.75) is 64.3 Å². The third-order valence-corrected chi connectivity index (χ3v) is 6.09. The summed E-state index contributed by atoms with van der Waals surface area (Å²) in [6, 6.07) is 7.06. The molecule has 9 heteroatoms. The molecule has 0 fully saturated rings. The number of thioether (sulfide) groups is 1. The molecule has 2 amide bonds. The Labute approximate surface area is 192 Å². The maximum absolute atomic E-state index is 13.3. The Kier molecular flexibility index (Phi) is 6.88. The minimum atomic E-state index is -1.13. The van der Waals surface area contributed by atoms with E-state index in [1.807, 2.05) is 20.1 Å². The number of ether oxygens (including phenoxy) is 1. The van der Waals surface area contributed by atoms with Gasteiger partial charge in [0.25, 0.3) is 5.91 Å². The highest BCUT2D eigenvalue weighted by atomic mass is 32.2. The molecule has 1 aliphatic heterocycles. The van der Waals surface area contributed by atoms with E-state index in [0.717, 1.165) is 17.0 Å². The second-order valence-corrected chi connectivity index (χ2v) is 8.97. The number of aryl methyl sites for hydroxylation is 2. The zero-order chi connectivity index (χ0) is 23.6. The summed E-state index contributed by atoms with van der Waals surface area (Å²) in [6.07, 6.45) is 1.39. The number of hydrogen-bond acceptors (Lipinski definition) is 7. The fourth-order valence-corrected chi connectivity index (χ4v) is 4.18. The van der Waals surface area contributed by atoms with Crippen LogP contribution in [0.3, 0.4) is 0 Å². The van der Waals surface area contributed by atoms with Crippen molar-refractivity contribution >= 4 is 40.9 Å². The molecule has 0 saturated carbocycles. The number of fused-ring (bicyclic) bond motifs is 1. The largest absolute Gasteiger partial charge is 0.453 e. The van der Waals surface area contributed by atoms with Gasteiger partial charge in [0.15, 0.2) is 11.3 Å². The normalized spacial score (nSPS) is 15.6. The monoisotopic (exact) mass is 456 g/mol. The topological polar surface area (TPSA) is 101 Å². The summed E-state index contributed by atoms with van der Waals surface area (Å²) in [4.78, 5) is 48.6. The molecule has 0 aliphatic carbocycles. The number of aromatic nitrogens is 2. The third kappa shape index (κ3) is 4.62. The summed E-state index contributed by atoms with van der Waals surface area (Å²) < 4.78 is 5.45. The molecule has 170 valence electrons. The molecule has 1 N–H and O–H groups in total. The van der Waals surface area contributed by atoms with Crippen LogP contribution in [0.5, 0.6) is 0 Å². The van der Waals surface area contributed by atoms with Gasteiger partial charge in [0, 0.05) is 17.8 Å². The number of esters is 1. The summed E-state index contributed by atoms with van der Waals surface area (Å²) in [5.74, 6) is -1.25. The molecular weight excluding hydrogens is 428 g/mol. The zero-order valence-corrected chi connectivity index (χ0v) is 20.0. The predicted octanol–water partition coefficient (Wildman–Crippen LogP) is 3.44. The van der Waals surface area contributed by atoms with E-state index >= 15 is 0 Å². The summed E-state index contributed by atoms with van der Waals surface area (Å²) >= 11 is 1.47. The second-order valence-electron chi connectivity index (χ2n) is 8.20. The van der Waals surface area contributed by atoms with Crippen LogP contribution >= 0.6 is 11.8 Å². The average Bonchev–Trinajstić information content (AvgIpc) is 2.73. The van der Waals surface area contributed by atoms with Gasteiger partial charge in [0.1, 0.15) is 5.54 Å². The van der Waals surface area contributed by atoms with Crippen molar-refractivity contribution in [2.24, 2.45) is 0 Å². The van der Waals surface area contributed by atoms with Crippen molar-refractivity contribution in [1.29, 1.82) is 0 Å². The van der Waals surface area contributed by atoms with Gasteiger partial charge in [-0.05, 0) is 65.0 Å². The first-order valence-electron chi connectivity index (χ1n) is 10.4. The van der Waals surface area contributed by atoms with Crippen LogP contribution in [-0.2, 0) is 25.5 Å². The van der Waals surface area contributed by atoms with Gasteiger partial charge < -0.3 is 10.1 Å². The highest BCUT2D eigenvalue weighted by Crippen LogP contribution is 2.37. The van der Waals surface area contributed by atoms with Gasteiger partial charge in [0.05, 0.1) is 11.4 Å². The predicted molar refractivity (Wildman–Crippen MR) is 124 cm³/mol. The highest BCUT2D eigenvalue weighted by Gasteiger charge is 2.45. The average molecular weight is 457 g/mol. The SMILES string of the molecule is CSc1nc(C)c(CCC(=O)O[C@@H](C)C(=O)N2c3ccccc3NC(=O)C2(C)C)c(C)n1. The van der Waals surface area contributed by atoms with Crippen molar-refractivity contribution in [3.05, 3.63) is 41.2 Å². The Hall–Kier alpha value is -2.94. The van der Waals surface area contributed by atoms with Gasteiger partial charge in [-0.15, -0.1) is 0 Å². The molecule has 2 heterocycles. The third-order valence-electron chi connectivity index (χ3n) is 5.55. The van der Waals surface area contributed by atoms with Gasteiger partial charge in [-0.3, -0.25) is 19.3 Å². The first-order valence-corrected chi connectivity index (χ1v) is 11.6. The van der Waals surface area contributed by atoms with Crippen LogP contribution in [0.4, 0.5) is 11.4 Å². The maximum atomic E-state index is 13.3. The molecule has 1 aliphatic rings. The number of rotatable bonds is 6. The Morgan fingerprint density at radius 2 is 1.81 bits per heavy atom. The van der Waals surface area contributed by atoms with Gasteiger partial charge in [-0.1, -0.05) is 23.9 Å². The zero-order valence-electron chi connectivity index (χ0n) is 19.2. The molecule has 32 heavy (non-hydrogen) atoms. The van der Waals surface area contributed by atoms with Gasteiger partial charge >= 0.3 is 5.97 Å². The molecular formula is C23H28N4O4S. The van der Waals surface area contributed by atoms with Crippen LogP contribution < -0.4 is 10.2 Å². The Morgan fingerprint density at radius 3 is 2.44 bits per heavy atom. The van der Waals surface area contributed by atoms with E-state index in [0.29, 0.717) is 23.0 Å². The van der Waals surface area contributed by atoms with E-state index in [-0.39, 0.29) is 12.3 Å². The molecule has 0 saturated heterocycles. The Bertz CT molecular complexity index is 1050. The van der Waals surface area contributed by atoms with Crippen LogP contribution in [0.2, 0.25) is 0 Å². The number of nitrogens with one attached hydrogen (secondary N) is 1. The van der Waals surface area contributed by atoms with Crippen LogP contribution in [0.25, 0.3) is 0 Å².